The average molecular weight is 328 g/mol. The molecule has 6 heteroatoms. The smallest absolute Gasteiger partial charge is 0.339 e. The molecule has 1 aromatic carbocycles. The van der Waals surface area contributed by atoms with E-state index in [1.165, 1.54) is 30.6 Å². The Balaban J connectivity index is 2.33. The average Bonchev–Trinajstić information content (AvgIpc) is 2.32. The number of halogens is 1. The van der Waals surface area contributed by atoms with Crippen LogP contribution in [0.4, 0.5) is 0 Å². The van der Waals surface area contributed by atoms with E-state index in [9.17, 15) is 8.42 Å². The van der Waals surface area contributed by atoms with Crippen molar-refractivity contribution in [2.45, 2.75) is 11.8 Å². The third kappa shape index (κ3) is 2.88. The number of rotatable bonds is 3. The maximum atomic E-state index is 12.0. The fourth-order valence-electron chi connectivity index (χ4n) is 1.30. The Morgan fingerprint density at radius 2 is 1.83 bits per heavy atom. The zero-order valence-electron chi connectivity index (χ0n) is 9.50. The van der Waals surface area contributed by atoms with E-state index in [1.807, 2.05) is 6.92 Å². The van der Waals surface area contributed by atoms with Gasteiger partial charge < -0.3 is 4.18 Å². The fraction of sp³-hybridized carbons (Fsp3) is 0.0833. The molecule has 1 aromatic heterocycles. The van der Waals surface area contributed by atoms with Gasteiger partial charge in [-0.1, -0.05) is 17.7 Å². The van der Waals surface area contributed by atoms with Crippen molar-refractivity contribution in [2.75, 3.05) is 0 Å². The first kappa shape index (κ1) is 13.0. The lowest BCUT2D eigenvalue weighted by Gasteiger charge is -2.08. The first-order valence-electron chi connectivity index (χ1n) is 5.10. The predicted octanol–water partition coefficient (Wildman–Crippen LogP) is 2.92. The van der Waals surface area contributed by atoms with Crippen molar-refractivity contribution < 1.29 is 12.6 Å². The minimum absolute atomic E-state index is 0.122. The summed E-state index contributed by atoms with van der Waals surface area (Å²) >= 11 is 3.18. The highest BCUT2D eigenvalue weighted by Crippen LogP contribution is 2.26. The summed E-state index contributed by atoms with van der Waals surface area (Å²) in [7, 11) is -3.81. The van der Waals surface area contributed by atoms with Crippen LogP contribution in [0.25, 0.3) is 0 Å². The second-order valence-corrected chi connectivity index (χ2v) is 6.06. The largest absolute Gasteiger partial charge is 0.378 e. The summed E-state index contributed by atoms with van der Waals surface area (Å²) in [6, 6.07) is 7.95. The van der Waals surface area contributed by atoms with E-state index in [2.05, 4.69) is 20.9 Å². The van der Waals surface area contributed by atoms with Crippen LogP contribution in [0.1, 0.15) is 5.56 Å². The van der Waals surface area contributed by atoms with E-state index in [0.29, 0.717) is 4.47 Å². The van der Waals surface area contributed by atoms with E-state index >= 15 is 0 Å². The van der Waals surface area contributed by atoms with Crippen molar-refractivity contribution in [3.05, 3.63) is 52.8 Å². The van der Waals surface area contributed by atoms with Crippen molar-refractivity contribution in [2.24, 2.45) is 0 Å². The Kier molecular flexibility index (Phi) is 3.68. The van der Waals surface area contributed by atoms with Crippen LogP contribution < -0.4 is 4.18 Å². The number of hydrogen-bond acceptors (Lipinski definition) is 4. The normalized spacial score (nSPS) is 11.2. The second kappa shape index (κ2) is 5.07. The minimum atomic E-state index is -3.81. The zero-order chi connectivity index (χ0) is 13.2. The van der Waals surface area contributed by atoms with Gasteiger partial charge in [-0.15, -0.1) is 0 Å². The monoisotopic (exact) mass is 327 g/mol. The van der Waals surface area contributed by atoms with Gasteiger partial charge in [0.15, 0.2) is 5.75 Å². The Bertz CT molecular complexity index is 653. The first-order valence-corrected chi connectivity index (χ1v) is 7.30. The molecule has 0 atom stereocenters. The van der Waals surface area contributed by atoms with Crippen LogP contribution >= 0.6 is 15.9 Å². The summed E-state index contributed by atoms with van der Waals surface area (Å²) in [5.41, 5.74) is 0.985. The summed E-state index contributed by atoms with van der Waals surface area (Å²) in [4.78, 5) is 3.96. The summed E-state index contributed by atoms with van der Waals surface area (Å²) < 4.78 is 29.5. The summed E-state index contributed by atoms with van der Waals surface area (Å²) in [6.45, 7) is 1.89. The molecule has 1 heterocycles. The molecule has 94 valence electrons. The molecule has 0 aliphatic carbocycles. The van der Waals surface area contributed by atoms with Crippen molar-refractivity contribution in [1.82, 2.24) is 4.98 Å². The van der Waals surface area contributed by atoms with Crippen molar-refractivity contribution in [3.8, 4) is 5.75 Å². The molecule has 2 aromatic rings. The molecule has 4 nitrogen and oxygen atoms in total. The standard InChI is InChI=1S/C12H10BrNO3S/c1-9-2-4-10(5-3-9)18(15,16)17-12-6-7-14-8-11(12)13/h2-8H,1H3. The van der Waals surface area contributed by atoms with Crippen LogP contribution in [0.5, 0.6) is 5.75 Å². The molecule has 0 bridgehead atoms. The molecule has 0 aliphatic rings. The number of benzene rings is 1. The van der Waals surface area contributed by atoms with Crippen LogP contribution in [0, 0.1) is 6.92 Å². The highest BCUT2D eigenvalue weighted by Gasteiger charge is 2.17. The van der Waals surface area contributed by atoms with Gasteiger partial charge in [-0.05, 0) is 35.0 Å². The van der Waals surface area contributed by atoms with Crippen molar-refractivity contribution >= 4 is 26.0 Å². The first-order chi connectivity index (χ1) is 8.49. The molecule has 0 aliphatic heterocycles. The maximum Gasteiger partial charge on any atom is 0.339 e. The molecule has 0 N–H and O–H groups in total. The number of hydrogen-bond donors (Lipinski definition) is 0. The van der Waals surface area contributed by atoms with E-state index in [4.69, 9.17) is 4.18 Å². The van der Waals surface area contributed by atoms with E-state index in [1.54, 1.807) is 12.1 Å². The van der Waals surface area contributed by atoms with Crippen LogP contribution in [0.15, 0.2) is 52.1 Å². The summed E-state index contributed by atoms with van der Waals surface area (Å²) in [5, 5.41) is 0. The lowest BCUT2D eigenvalue weighted by atomic mass is 10.2. The number of nitrogens with zero attached hydrogens (tertiary/aromatic N) is 1. The van der Waals surface area contributed by atoms with Crippen LogP contribution in [-0.2, 0) is 10.1 Å². The summed E-state index contributed by atoms with van der Waals surface area (Å²) in [6.07, 6.45) is 2.94. The predicted molar refractivity (Wildman–Crippen MR) is 70.9 cm³/mol. The van der Waals surface area contributed by atoms with Gasteiger partial charge in [0.25, 0.3) is 0 Å². The lowest BCUT2D eigenvalue weighted by molar-refractivity contribution is 0.484. The molecule has 0 amide bonds. The van der Waals surface area contributed by atoms with Gasteiger partial charge in [-0.2, -0.15) is 8.42 Å². The van der Waals surface area contributed by atoms with Gasteiger partial charge in [0, 0.05) is 18.5 Å². The van der Waals surface area contributed by atoms with Gasteiger partial charge in [0.2, 0.25) is 0 Å². The minimum Gasteiger partial charge on any atom is -0.378 e. The Labute approximate surface area is 114 Å². The van der Waals surface area contributed by atoms with Gasteiger partial charge in [0.1, 0.15) is 4.90 Å². The third-order valence-electron chi connectivity index (χ3n) is 2.24. The van der Waals surface area contributed by atoms with E-state index in [-0.39, 0.29) is 10.6 Å². The molecule has 2 rings (SSSR count). The van der Waals surface area contributed by atoms with Gasteiger partial charge in [-0.3, -0.25) is 4.98 Å². The van der Waals surface area contributed by atoms with Gasteiger partial charge in [0.05, 0.1) is 4.47 Å². The van der Waals surface area contributed by atoms with E-state index < -0.39 is 10.1 Å². The van der Waals surface area contributed by atoms with Crippen LogP contribution in [0.2, 0.25) is 0 Å². The lowest BCUT2D eigenvalue weighted by Crippen LogP contribution is -2.10. The Morgan fingerprint density at radius 3 is 2.44 bits per heavy atom. The van der Waals surface area contributed by atoms with Crippen LogP contribution in [0.3, 0.4) is 0 Å². The molecule has 18 heavy (non-hydrogen) atoms. The summed E-state index contributed by atoms with van der Waals surface area (Å²) in [5.74, 6) is 0.213. The van der Waals surface area contributed by atoms with Crippen molar-refractivity contribution in [3.63, 3.8) is 0 Å². The molecule has 0 saturated heterocycles. The van der Waals surface area contributed by atoms with Crippen molar-refractivity contribution in [1.29, 1.82) is 0 Å². The molecule has 0 saturated carbocycles. The second-order valence-electron chi connectivity index (χ2n) is 3.66. The zero-order valence-corrected chi connectivity index (χ0v) is 11.9. The number of aromatic nitrogens is 1. The van der Waals surface area contributed by atoms with Crippen LogP contribution in [-0.4, -0.2) is 13.4 Å². The number of aryl methyl sites for hydroxylation is 1. The van der Waals surface area contributed by atoms with Gasteiger partial charge >= 0.3 is 10.1 Å². The quantitative estimate of drug-likeness (QED) is 0.813. The molecular weight excluding hydrogens is 318 g/mol. The maximum absolute atomic E-state index is 12.0. The molecule has 0 unspecified atom stereocenters. The van der Waals surface area contributed by atoms with E-state index in [0.717, 1.165) is 5.56 Å². The highest BCUT2D eigenvalue weighted by molar-refractivity contribution is 9.10. The topological polar surface area (TPSA) is 56.3 Å². The SMILES string of the molecule is Cc1ccc(S(=O)(=O)Oc2ccncc2Br)cc1. The highest BCUT2D eigenvalue weighted by atomic mass is 79.9. The fourth-order valence-corrected chi connectivity index (χ4v) is 2.69. The molecule has 0 radical (unpaired) electrons. The van der Waals surface area contributed by atoms with Gasteiger partial charge in [-0.25, -0.2) is 0 Å². The molecule has 0 fully saturated rings. The molecular formula is C12H10BrNO3S. The Hall–Kier alpha value is -1.40. The third-order valence-corrected chi connectivity index (χ3v) is 4.09. The molecule has 0 spiro atoms. The Morgan fingerprint density at radius 1 is 1.17 bits per heavy atom. The number of pyridine rings is 1.